The van der Waals surface area contributed by atoms with E-state index in [1.54, 1.807) is 0 Å². The van der Waals surface area contributed by atoms with Crippen LogP contribution in [0.2, 0.25) is 0 Å². The van der Waals surface area contributed by atoms with Crippen molar-refractivity contribution in [1.82, 2.24) is 0 Å². The summed E-state index contributed by atoms with van der Waals surface area (Å²) in [7, 11) is 0. The summed E-state index contributed by atoms with van der Waals surface area (Å²) in [6.45, 7) is 0. The van der Waals surface area contributed by atoms with Gasteiger partial charge in [-0.2, -0.15) is 0 Å². The number of hydrogen-bond donors (Lipinski definition) is 2. The van der Waals surface area contributed by atoms with E-state index in [0.717, 1.165) is 54.0 Å². The smallest absolute Gasteiger partial charge is 0.0367 e. The van der Waals surface area contributed by atoms with Gasteiger partial charge in [0.1, 0.15) is 0 Å². The summed E-state index contributed by atoms with van der Waals surface area (Å²) in [5, 5.41) is 0. The molecule has 2 nitrogen and oxygen atoms in total. The van der Waals surface area contributed by atoms with E-state index in [1.165, 1.54) is 57.8 Å². The van der Waals surface area contributed by atoms with E-state index in [-0.39, 0.29) is 0 Å². The van der Waals surface area contributed by atoms with Crippen LogP contribution in [0.1, 0.15) is 76.2 Å². The van der Waals surface area contributed by atoms with E-state index in [0.29, 0.717) is 0 Å². The van der Waals surface area contributed by atoms with Gasteiger partial charge in [-0.3, -0.25) is 0 Å². The lowest BCUT2D eigenvalue weighted by atomic mass is 9.77. The summed E-state index contributed by atoms with van der Waals surface area (Å²) in [5.74, 6) is 2.98. The van der Waals surface area contributed by atoms with Crippen LogP contribution in [0.4, 0.5) is 11.4 Å². The quantitative estimate of drug-likeness (QED) is 0.340. The fourth-order valence-electron chi connectivity index (χ4n) is 5.22. The Balaban J connectivity index is 1.44. The van der Waals surface area contributed by atoms with E-state index >= 15 is 0 Å². The predicted molar refractivity (Wildman–Crippen MR) is 109 cm³/mol. The number of allylic oxidation sites excluding steroid dienone is 2. The summed E-state index contributed by atoms with van der Waals surface area (Å²) in [5.41, 5.74) is 14.9. The monoisotopic (exact) mass is 340 g/mol. The molecule has 138 valence electrons. The van der Waals surface area contributed by atoms with Crippen molar-refractivity contribution in [3.8, 4) is 0 Å². The molecule has 25 heavy (non-hydrogen) atoms. The van der Waals surface area contributed by atoms with Crippen LogP contribution >= 0.6 is 0 Å². The molecule has 2 fully saturated rings. The summed E-state index contributed by atoms with van der Waals surface area (Å²) in [6, 6.07) is 5.84. The Hall–Kier alpha value is -1.44. The van der Waals surface area contributed by atoms with Gasteiger partial charge in [-0.05, 0) is 61.1 Å². The van der Waals surface area contributed by atoms with Gasteiger partial charge in [-0.25, -0.2) is 0 Å². The van der Waals surface area contributed by atoms with E-state index in [4.69, 9.17) is 11.5 Å². The lowest BCUT2D eigenvalue weighted by Crippen LogP contribution is -2.19. The van der Waals surface area contributed by atoms with Gasteiger partial charge < -0.3 is 11.5 Å². The molecule has 0 spiro atoms. The molecule has 0 bridgehead atoms. The van der Waals surface area contributed by atoms with Gasteiger partial charge >= 0.3 is 0 Å². The Morgan fingerprint density at radius 1 is 0.880 bits per heavy atom. The second-order valence-corrected chi connectivity index (χ2v) is 8.27. The zero-order valence-electron chi connectivity index (χ0n) is 15.8. The number of hydrogen-bond acceptors (Lipinski definition) is 2. The average molecular weight is 341 g/mol. The molecule has 0 heterocycles. The van der Waals surface area contributed by atoms with Crippen molar-refractivity contribution in [3.05, 3.63) is 35.9 Å². The van der Waals surface area contributed by atoms with Crippen molar-refractivity contribution in [2.45, 2.75) is 77.0 Å². The molecule has 0 atom stereocenters. The van der Waals surface area contributed by atoms with Gasteiger partial charge in [-0.15, -0.1) is 0 Å². The van der Waals surface area contributed by atoms with E-state index in [1.807, 2.05) is 18.2 Å². The van der Waals surface area contributed by atoms with Crippen LogP contribution in [0.25, 0.3) is 0 Å². The first-order chi connectivity index (χ1) is 12.3. The summed E-state index contributed by atoms with van der Waals surface area (Å²) in [6.07, 6.45) is 21.3. The van der Waals surface area contributed by atoms with Crippen molar-refractivity contribution in [3.63, 3.8) is 0 Å². The van der Waals surface area contributed by atoms with Gasteiger partial charge in [0, 0.05) is 11.4 Å². The second kappa shape index (κ2) is 9.31. The standard InChI is InChI=1S/C23H36N2/c24-22-16-9-17-23(25)21(22)15-4-2-1-3-14-20(18-10-5-6-11-18)19-12-7-8-13-19/h1,3,9,16-20H,2,4-8,10-15,24-25H2. The first-order valence-electron chi connectivity index (χ1n) is 10.5. The molecule has 0 radical (unpaired) electrons. The molecule has 4 N–H and O–H groups in total. The van der Waals surface area contributed by atoms with Gasteiger partial charge in [0.15, 0.2) is 0 Å². The first kappa shape index (κ1) is 18.4. The molecule has 0 aliphatic heterocycles. The van der Waals surface area contributed by atoms with Crippen LogP contribution in [0.5, 0.6) is 0 Å². The molecule has 2 aliphatic rings. The number of benzene rings is 1. The molecule has 0 amide bonds. The zero-order valence-corrected chi connectivity index (χ0v) is 15.8. The predicted octanol–water partition coefficient (Wildman–Crippen LogP) is 6.12. The maximum absolute atomic E-state index is 6.04. The largest absolute Gasteiger partial charge is 0.398 e. The molecular weight excluding hydrogens is 304 g/mol. The van der Waals surface area contributed by atoms with Crippen LogP contribution in [0.15, 0.2) is 30.4 Å². The molecule has 1 aromatic rings. The summed E-state index contributed by atoms with van der Waals surface area (Å²) in [4.78, 5) is 0. The molecular formula is C23H36N2. The minimum atomic E-state index is 0.839. The zero-order chi connectivity index (χ0) is 17.5. The Morgan fingerprint density at radius 3 is 2.00 bits per heavy atom. The first-order valence-corrected chi connectivity index (χ1v) is 10.5. The van der Waals surface area contributed by atoms with Gasteiger partial charge in [0.25, 0.3) is 0 Å². The van der Waals surface area contributed by atoms with Crippen molar-refractivity contribution in [1.29, 1.82) is 0 Å². The highest BCUT2D eigenvalue weighted by molar-refractivity contribution is 5.61. The number of anilines is 2. The molecule has 2 saturated carbocycles. The van der Waals surface area contributed by atoms with E-state index in [9.17, 15) is 0 Å². The lowest BCUT2D eigenvalue weighted by Gasteiger charge is -2.28. The second-order valence-electron chi connectivity index (χ2n) is 8.27. The number of nitrogen functional groups attached to an aromatic ring is 2. The minimum Gasteiger partial charge on any atom is -0.398 e. The van der Waals surface area contributed by atoms with Crippen LogP contribution in [0.3, 0.4) is 0 Å². The van der Waals surface area contributed by atoms with Crippen LogP contribution in [0, 0.1) is 17.8 Å². The molecule has 0 aromatic heterocycles. The molecule has 2 heteroatoms. The SMILES string of the molecule is Nc1cccc(N)c1CCCC=CCC(C1CCCC1)C1CCCC1. The summed E-state index contributed by atoms with van der Waals surface area (Å²) >= 11 is 0. The Morgan fingerprint density at radius 2 is 1.44 bits per heavy atom. The third-order valence-corrected chi connectivity index (χ3v) is 6.63. The van der Waals surface area contributed by atoms with E-state index < -0.39 is 0 Å². The van der Waals surface area contributed by atoms with Crippen LogP contribution in [-0.2, 0) is 6.42 Å². The fraction of sp³-hybridized carbons (Fsp3) is 0.652. The molecule has 0 saturated heterocycles. The molecule has 2 aliphatic carbocycles. The average Bonchev–Trinajstić information content (AvgIpc) is 3.30. The molecule has 0 unspecified atom stereocenters. The molecule has 3 rings (SSSR count). The Bertz CT molecular complexity index is 515. The fourth-order valence-corrected chi connectivity index (χ4v) is 5.22. The highest BCUT2D eigenvalue weighted by atomic mass is 14.6. The lowest BCUT2D eigenvalue weighted by molar-refractivity contribution is 0.233. The third-order valence-electron chi connectivity index (χ3n) is 6.63. The Labute approximate surface area is 154 Å². The topological polar surface area (TPSA) is 52.0 Å². The highest BCUT2D eigenvalue weighted by Gasteiger charge is 2.32. The number of nitrogens with two attached hydrogens (primary N) is 2. The van der Waals surface area contributed by atoms with Crippen molar-refractivity contribution in [2.24, 2.45) is 17.8 Å². The van der Waals surface area contributed by atoms with Gasteiger partial charge in [0.2, 0.25) is 0 Å². The summed E-state index contributed by atoms with van der Waals surface area (Å²) < 4.78 is 0. The minimum absolute atomic E-state index is 0.839. The normalized spacial score (nSPS) is 19.6. The maximum Gasteiger partial charge on any atom is 0.0367 e. The van der Waals surface area contributed by atoms with Crippen LogP contribution < -0.4 is 11.5 Å². The van der Waals surface area contributed by atoms with Gasteiger partial charge in [-0.1, -0.05) is 69.6 Å². The highest BCUT2D eigenvalue weighted by Crippen LogP contribution is 2.43. The maximum atomic E-state index is 6.04. The van der Waals surface area contributed by atoms with Crippen molar-refractivity contribution in [2.75, 3.05) is 11.5 Å². The van der Waals surface area contributed by atoms with E-state index in [2.05, 4.69) is 12.2 Å². The number of unbranched alkanes of at least 4 members (excludes halogenated alkanes) is 1. The molecule has 1 aromatic carbocycles. The van der Waals surface area contributed by atoms with Crippen molar-refractivity contribution >= 4 is 11.4 Å². The number of rotatable bonds is 8. The Kier molecular flexibility index (Phi) is 6.84. The van der Waals surface area contributed by atoms with Crippen molar-refractivity contribution < 1.29 is 0 Å². The van der Waals surface area contributed by atoms with Crippen LogP contribution in [-0.4, -0.2) is 0 Å². The van der Waals surface area contributed by atoms with Gasteiger partial charge in [0.05, 0.1) is 0 Å². The third kappa shape index (κ3) is 5.03.